The first kappa shape index (κ1) is 22.2. The number of Topliss-reactive ketones (excluding diaryl/α,β-unsaturated/α-hetero) is 1. The number of fused-ring (bicyclic) bond motifs is 1. The van der Waals surface area contributed by atoms with Crippen molar-refractivity contribution < 1.29 is 28.7 Å². The van der Waals surface area contributed by atoms with E-state index in [0.717, 1.165) is 4.47 Å². The number of aromatic amines is 1. The molecule has 8 nitrogen and oxygen atoms in total. The molecule has 2 aliphatic heterocycles. The Bertz CT molecular complexity index is 1250. The van der Waals surface area contributed by atoms with Gasteiger partial charge < -0.3 is 19.5 Å². The summed E-state index contributed by atoms with van der Waals surface area (Å²) in [5.41, 5.74) is 0.947. The molecular formula is C25H22BrN3O5. The van der Waals surface area contributed by atoms with Gasteiger partial charge in [0.05, 0.1) is 12.6 Å². The smallest absolute Gasteiger partial charge is 0.295 e. The van der Waals surface area contributed by atoms with Gasteiger partial charge in [-0.25, -0.2) is 4.57 Å². The summed E-state index contributed by atoms with van der Waals surface area (Å²) < 4.78 is 14.0. The summed E-state index contributed by atoms with van der Waals surface area (Å²) in [4.78, 5) is 30.7. The number of nitrogens with zero attached hydrogens (tertiary/aromatic N) is 2. The number of carbonyl (C=O) groups excluding carboxylic acids is 2. The van der Waals surface area contributed by atoms with E-state index in [1.54, 1.807) is 18.2 Å². The Balaban J connectivity index is 1.53. The number of nitrogens with one attached hydrogen (secondary N) is 1. The highest BCUT2D eigenvalue weighted by atomic mass is 79.9. The van der Waals surface area contributed by atoms with Crippen LogP contribution in [0.25, 0.3) is 5.76 Å². The largest absolute Gasteiger partial charge is 0.872 e. The standard InChI is InChI=1S/C25H22BrN3O5/c26-18-5-2-16(3-6-18)22-21(23(30)17-4-7-19-20(14-17)34-13-12-33-19)24(31)25(32)29(22)10-1-9-28-11-8-27-15-28/h2-8,11,14-15,22H,1,9-10,12-13H2,(H,30,31). The first-order valence-corrected chi connectivity index (χ1v) is 11.8. The average Bonchev–Trinajstić information content (AvgIpc) is 3.46. The van der Waals surface area contributed by atoms with E-state index in [1.165, 1.54) is 4.90 Å². The van der Waals surface area contributed by atoms with Crippen LogP contribution in [-0.2, 0) is 16.1 Å². The molecule has 1 unspecified atom stereocenters. The first-order valence-electron chi connectivity index (χ1n) is 11.0. The van der Waals surface area contributed by atoms with Crippen molar-refractivity contribution in [2.75, 3.05) is 19.8 Å². The number of imidazole rings is 1. The van der Waals surface area contributed by atoms with Crippen molar-refractivity contribution in [2.45, 2.75) is 19.0 Å². The first-order chi connectivity index (χ1) is 16.5. The normalized spacial score (nSPS) is 19.0. The maximum atomic E-state index is 13.6. The van der Waals surface area contributed by atoms with Crippen LogP contribution >= 0.6 is 15.9 Å². The third-order valence-electron chi connectivity index (χ3n) is 5.94. The monoisotopic (exact) mass is 523 g/mol. The maximum Gasteiger partial charge on any atom is 0.295 e. The third-order valence-corrected chi connectivity index (χ3v) is 6.47. The molecule has 5 rings (SSSR count). The van der Waals surface area contributed by atoms with E-state index >= 15 is 0 Å². The summed E-state index contributed by atoms with van der Waals surface area (Å²) >= 11 is 3.42. The van der Waals surface area contributed by atoms with Gasteiger partial charge in [0.1, 0.15) is 25.6 Å². The zero-order valence-electron chi connectivity index (χ0n) is 18.2. The van der Waals surface area contributed by atoms with Gasteiger partial charge in [-0.1, -0.05) is 39.9 Å². The minimum absolute atomic E-state index is 0.0432. The van der Waals surface area contributed by atoms with Gasteiger partial charge in [-0.15, -0.1) is 0 Å². The van der Waals surface area contributed by atoms with E-state index in [9.17, 15) is 14.7 Å². The van der Waals surface area contributed by atoms with Crippen LogP contribution in [0.15, 0.2) is 71.2 Å². The molecule has 9 heteroatoms. The SMILES string of the molecule is O=C1C(=O)N(CCC[n+]2cc[nH]c2)C(c2ccc(Br)cc2)/C1=C(\[O-])c1ccc2c(c1)OCCO2. The molecule has 0 radical (unpaired) electrons. The Morgan fingerprint density at radius 3 is 2.62 bits per heavy atom. The average molecular weight is 524 g/mol. The molecule has 0 aliphatic carbocycles. The maximum absolute atomic E-state index is 13.6. The van der Waals surface area contributed by atoms with E-state index in [2.05, 4.69) is 20.9 Å². The zero-order chi connectivity index (χ0) is 23.7. The van der Waals surface area contributed by atoms with Gasteiger partial charge in [0, 0.05) is 23.0 Å². The van der Waals surface area contributed by atoms with E-state index in [1.807, 2.05) is 47.6 Å². The fraction of sp³-hybridized carbons (Fsp3) is 0.240. The third kappa shape index (κ3) is 4.19. The van der Waals surface area contributed by atoms with Crippen molar-refractivity contribution in [1.82, 2.24) is 9.88 Å². The minimum Gasteiger partial charge on any atom is -0.872 e. The Labute approximate surface area is 204 Å². The minimum atomic E-state index is -0.762. The van der Waals surface area contributed by atoms with Crippen LogP contribution in [0.4, 0.5) is 0 Å². The summed E-state index contributed by atoms with van der Waals surface area (Å²) in [6.45, 7) is 1.82. The zero-order valence-corrected chi connectivity index (χ0v) is 19.8. The summed E-state index contributed by atoms with van der Waals surface area (Å²) in [5, 5.41) is 13.6. The summed E-state index contributed by atoms with van der Waals surface area (Å²) in [7, 11) is 0. The molecule has 174 valence electrons. The van der Waals surface area contributed by atoms with Gasteiger partial charge in [-0.2, -0.15) is 0 Å². The number of hydrogen-bond acceptors (Lipinski definition) is 5. The van der Waals surface area contributed by atoms with Crippen molar-refractivity contribution in [3.05, 3.63) is 82.4 Å². The van der Waals surface area contributed by atoms with Gasteiger partial charge in [0.2, 0.25) is 12.1 Å². The lowest BCUT2D eigenvalue weighted by Gasteiger charge is -2.28. The van der Waals surface area contributed by atoms with Gasteiger partial charge in [-0.05, 0) is 35.4 Å². The number of amides is 1. The van der Waals surface area contributed by atoms with Gasteiger partial charge in [0.15, 0.2) is 11.5 Å². The van der Waals surface area contributed by atoms with Crippen molar-refractivity contribution in [2.24, 2.45) is 0 Å². The lowest BCUT2D eigenvalue weighted by atomic mass is 9.95. The molecule has 1 aromatic heterocycles. The molecule has 3 heterocycles. The topological polar surface area (TPSA) is 98.6 Å². The molecule has 0 saturated carbocycles. The molecule has 1 saturated heterocycles. The molecule has 1 amide bonds. The van der Waals surface area contributed by atoms with Crippen LogP contribution in [0.2, 0.25) is 0 Å². The van der Waals surface area contributed by atoms with Crippen molar-refractivity contribution in [3.63, 3.8) is 0 Å². The van der Waals surface area contributed by atoms with E-state index in [4.69, 9.17) is 9.47 Å². The second-order valence-electron chi connectivity index (χ2n) is 8.09. The van der Waals surface area contributed by atoms with Crippen LogP contribution in [-0.4, -0.2) is 41.3 Å². The molecule has 2 aromatic carbocycles. The highest BCUT2D eigenvalue weighted by Crippen LogP contribution is 2.40. The predicted molar refractivity (Wildman–Crippen MR) is 124 cm³/mol. The van der Waals surface area contributed by atoms with Crippen molar-refractivity contribution >= 4 is 33.4 Å². The van der Waals surface area contributed by atoms with Crippen molar-refractivity contribution in [3.8, 4) is 11.5 Å². The highest BCUT2D eigenvalue weighted by molar-refractivity contribution is 9.10. The van der Waals surface area contributed by atoms with E-state index in [-0.39, 0.29) is 11.1 Å². The Morgan fingerprint density at radius 2 is 1.88 bits per heavy atom. The molecular weight excluding hydrogens is 502 g/mol. The van der Waals surface area contributed by atoms with Gasteiger partial charge in [-0.3, -0.25) is 14.6 Å². The molecule has 1 fully saturated rings. The number of carbonyl (C=O) groups is 2. The number of hydrogen-bond donors (Lipinski definition) is 1. The molecule has 2 aliphatic rings. The Morgan fingerprint density at radius 1 is 1.12 bits per heavy atom. The number of halogens is 1. The second kappa shape index (κ2) is 9.34. The number of benzene rings is 2. The number of H-pyrrole nitrogens is 1. The molecule has 1 N–H and O–H groups in total. The van der Waals surface area contributed by atoms with Crippen LogP contribution in [0.5, 0.6) is 11.5 Å². The molecule has 0 spiro atoms. The van der Waals surface area contributed by atoms with Crippen LogP contribution in [0.3, 0.4) is 0 Å². The quantitative estimate of drug-likeness (QED) is 0.231. The van der Waals surface area contributed by atoms with Crippen molar-refractivity contribution in [1.29, 1.82) is 0 Å². The number of rotatable bonds is 6. The fourth-order valence-corrected chi connectivity index (χ4v) is 4.58. The summed E-state index contributed by atoms with van der Waals surface area (Å²) in [6, 6.07) is 11.4. The second-order valence-corrected chi connectivity index (χ2v) is 9.00. The number of aromatic nitrogens is 2. The molecule has 1 atom stereocenters. The number of aryl methyl sites for hydroxylation is 1. The molecule has 34 heavy (non-hydrogen) atoms. The Hall–Kier alpha value is -3.59. The summed E-state index contributed by atoms with van der Waals surface area (Å²) in [6.07, 6.45) is 6.16. The predicted octanol–water partition coefficient (Wildman–Crippen LogP) is 2.15. The van der Waals surface area contributed by atoms with E-state index in [0.29, 0.717) is 49.8 Å². The van der Waals surface area contributed by atoms with Crippen LogP contribution in [0.1, 0.15) is 23.6 Å². The van der Waals surface area contributed by atoms with Gasteiger partial charge in [0.25, 0.3) is 5.91 Å². The van der Waals surface area contributed by atoms with Crippen LogP contribution < -0.4 is 19.1 Å². The Kier molecular flexibility index (Phi) is 6.10. The van der Waals surface area contributed by atoms with E-state index < -0.39 is 23.5 Å². The molecule has 0 bridgehead atoms. The fourth-order valence-electron chi connectivity index (χ4n) is 4.32. The van der Waals surface area contributed by atoms with Gasteiger partial charge >= 0.3 is 0 Å². The number of ketones is 1. The van der Waals surface area contributed by atoms with Crippen LogP contribution in [0, 0.1) is 0 Å². The highest BCUT2D eigenvalue weighted by Gasteiger charge is 2.44. The number of likely N-dealkylation sites (tertiary alicyclic amines) is 1. The lowest BCUT2D eigenvalue weighted by Crippen LogP contribution is -2.36. The number of ether oxygens (including phenoxy) is 2. The summed E-state index contributed by atoms with van der Waals surface area (Å²) in [5.74, 6) is -0.897. The lowest BCUT2D eigenvalue weighted by molar-refractivity contribution is -0.695. The molecule has 3 aromatic rings.